The van der Waals surface area contributed by atoms with Crippen molar-refractivity contribution in [3.05, 3.63) is 70.3 Å². The fourth-order valence-electron chi connectivity index (χ4n) is 10.5. The van der Waals surface area contributed by atoms with Gasteiger partial charge in [0, 0.05) is 43.6 Å². The van der Waals surface area contributed by atoms with Crippen molar-refractivity contribution < 1.29 is 51.8 Å². The molecule has 0 spiro atoms. The second-order valence-electron chi connectivity index (χ2n) is 20.6. The van der Waals surface area contributed by atoms with Crippen molar-refractivity contribution in [1.29, 1.82) is 0 Å². The average molecular weight is 1030 g/mol. The zero-order valence-corrected chi connectivity index (χ0v) is 49.0. The summed E-state index contributed by atoms with van der Waals surface area (Å²) in [5.41, 5.74) is -1.05. The number of carbonyl (C=O) groups excluding carboxylic acids is 1. The van der Waals surface area contributed by atoms with Gasteiger partial charge in [-0.05, 0) is 118 Å². The summed E-state index contributed by atoms with van der Waals surface area (Å²) in [7, 11) is -4.84. The molecule has 70 heavy (non-hydrogen) atoms. The number of non-ortho nitro benzene ring substituents is 1. The largest absolute Gasteiger partial charge is 0.483 e. The lowest BCUT2D eigenvalue weighted by Crippen LogP contribution is -2.50. The molecule has 0 bridgehead atoms. The van der Waals surface area contributed by atoms with Crippen LogP contribution >= 0.6 is 0 Å². The van der Waals surface area contributed by atoms with Crippen molar-refractivity contribution in [2.45, 2.75) is 232 Å². The van der Waals surface area contributed by atoms with Gasteiger partial charge in [0.1, 0.15) is 23.6 Å². The number of hydrogen-bond donors (Lipinski definition) is 1. The first-order valence-electron chi connectivity index (χ1n) is 26.7. The second kappa shape index (κ2) is 27.4. The number of cyclic esters (lactones) is 1. The van der Waals surface area contributed by atoms with Gasteiger partial charge in [-0.3, -0.25) is 19.7 Å². The van der Waals surface area contributed by atoms with E-state index >= 15 is 0 Å². The van der Waals surface area contributed by atoms with Crippen LogP contribution < -0.4 is 4.74 Å². The minimum atomic E-state index is -2.47. The van der Waals surface area contributed by atoms with Crippen molar-refractivity contribution in [2.75, 3.05) is 7.11 Å². The van der Waals surface area contributed by atoms with Crippen LogP contribution in [0.15, 0.2) is 60.2 Å². The van der Waals surface area contributed by atoms with E-state index in [9.17, 15) is 24.8 Å². The van der Waals surface area contributed by atoms with Gasteiger partial charge in [0.25, 0.3) is 5.69 Å². The van der Waals surface area contributed by atoms with Gasteiger partial charge in [-0.25, -0.2) is 0 Å². The van der Waals surface area contributed by atoms with E-state index in [1.807, 2.05) is 45.1 Å². The van der Waals surface area contributed by atoms with Crippen molar-refractivity contribution in [3.8, 4) is 5.75 Å². The molecule has 398 valence electrons. The monoisotopic (exact) mass is 1030 g/mol. The maximum atomic E-state index is 14.5. The van der Waals surface area contributed by atoms with Crippen molar-refractivity contribution in [1.82, 2.24) is 0 Å². The van der Waals surface area contributed by atoms with Gasteiger partial charge in [-0.2, -0.15) is 0 Å². The highest BCUT2D eigenvalue weighted by Gasteiger charge is 2.51. The number of allylic oxidation sites excluding steroid dienone is 2. The Morgan fingerprint density at radius 1 is 0.929 bits per heavy atom. The third-order valence-electron chi connectivity index (χ3n) is 16.5. The van der Waals surface area contributed by atoms with Gasteiger partial charge in [0.05, 0.1) is 28.8 Å². The summed E-state index contributed by atoms with van der Waals surface area (Å²) in [4.78, 5) is 38.9. The molecule has 1 saturated heterocycles. The highest BCUT2D eigenvalue weighted by Crippen LogP contribution is 2.43. The fraction of sp³-hybridized carbons (Fsp3) is 0.741. The second-order valence-corrected chi connectivity index (χ2v) is 34.7. The molecule has 1 aromatic carbocycles. The minimum absolute atomic E-state index is 0.0139. The number of esters is 1. The summed E-state index contributed by atoms with van der Waals surface area (Å²) >= 11 is 0. The number of nitro benzene ring substituents is 1. The van der Waals surface area contributed by atoms with Gasteiger partial charge in [-0.1, -0.05) is 107 Å². The molecule has 0 aromatic heterocycles. The molecule has 2 heterocycles. The van der Waals surface area contributed by atoms with Crippen LogP contribution in [0.4, 0.5) is 5.69 Å². The molecular weight excluding hydrogens is 939 g/mol. The van der Waals surface area contributed by atoms with Crippen LogP contribution in [-0.2, 0) is 37.1 Å². The first-order chi connectivity index (χ1) is 33.0. The molecule has 13 nitrogen and oxygen atoms in total. The maximum absolute atomic E-state index is 14.5. The van der Waals surface area contributed by atoms with Gasteiger partial charge in [-0.15, -0.1) is 0 Å². The van der Waals surface area contributed by atoms with Gasteiger partial charge >= 0.3 is 11.9 Å². The molecule has 0 radical (unpaired) electrons. The summed E-state index contributed by atoms with van der Waals surface area (Å²) in [5.74, 6) is -3.58. The molecule has 11 unspecified atom stereocenters. The van der Waals surface area contributed by atoms with Gasteiger partial charge in [0.2, 0.25) is 0 Å². The summed E-state index contributed by atoms with van der Waals surface area (Å²) < 4.78 is 47.0. The highest BCUT2D eigenvalue weighted by atomic mass is 28.4. The summed E-state index contributed by atoms with van der Waals surface area (Å²) in [6.45, 7) is 32.1. The molecule has 0 amide bonds. The summed E-state index contributed by atoms with van der Waals surface area (Å²) in [6, 6.07) is 14.4. The molecular formula is C54H93NO12Si3. The maximum Gasteiger partial charge on any atom is 0.323 e. The lowest BCUT2D eigenvalue weighted by molar-refractivity contribution is -0.384. The standard InChI is InChI=1S/C54H93NO12Si3/c1-17-44(65-68(18-2,19-3)20-4)41(13)50-46(63-50)38-53(14,67-70(24-8,25-9)26-10)36-27-28-39(11)49-40(12)29-34-47(62-43-32-30-42(31-33-43)55(59)60)54(15,61-16)37-35-45(48(51(56)57)52(58)64-49)66-69(21-5,22-6)23-7/h27-34,36,40-41,44-50H,17-26,35,37-38H2,1-16H3,(H,56,57)/b34-29-,36-27+,39-28+. The molecule has 11 atom stereocenters. The third-order valence-corrected chi connectivity index (χ3v) is 30.7. The van der Waals surface area contributed by atoms with Crippen molar-refractivity contribution in [2.24, 2.45) is 17.8 Å². The Kier molecular flexibility index (Phi) is 24.0. The van der Waals surface area contributed by atoms with E-state index in [1.54, 1.807) is 19.2 Å². The van der Waals surface area contributed by atoms with E-state index in [4.69, 9.17) is 32.2 Å². The summed E-state index contributed by atoms with van der Waals surface area (Å²) in [5, 5.41) is 22.4. The number of nitrogens with zero attached hydrogens (tertiary/aromatic N) is 1. The van der Waals surface area contributed by atoms with Crippen LogP contribution in [-0.4, -0.2) is 102 Å². The predicted molar refractivity (Wildman–Crippen MR) is 288 cm³/mol. The average Bonchev–Trinajstić information content (AvgIpc) is 4.12. The number of ether oxygens (including phenoxy) is 4. The molecule has 16 heteroatoms. The van der Waals surface area contributed by atoms with E-state index < -0.39 is 83.2 Å². The van der Waals surface area contributed by atoms with Crippen LogP contribution in [0.2, 0.25) is 54.4 Å². The predicted octanol–water partition coefficient (Wildman–Crippen LogP) is 13.6. The van der Waals surface area contributed by atoms with E-state index in [2.05, 4.69) is 89.2 Å². The van der Waals surface area contributed by atoms with E-state index in [0.717, 1.165) is 60.8 Å². The Hall–Kier alpha value is -2.97. The first kappa shape index (κ1) is 61.3. The molecule has 1 N–H and O–H groups in total. The Morgan fingerprint density at radius 3 is 1.97 bits per heavy atom. The Morgan fingerprint density at radius 2 is 1.49 bits per heavy atom. The van der Waals surface area contributed by atoms with Crippen molar-refractivity contribution >= 4 is 42.6 Å². The molecule has 2 aliphatic rings. The number of rotatable bonds is 28. The Balaban J connectivity index is 2.15. The fourth-order valence-corrected chi connectivity index (χ4v) is 19.5. The highest BCUT2D eigenvalue weighted by molar-refractivity contribution is 6.74. The zero-order valence-electron chi connectivity index (χ0n) is 46.0. The minimum Gasteiger partial charge on any atom is -0.483 e. The molecule has 1 fully saturated rings. The van der Waals surface area contributed by atoms with Crippen LogP contribution in [0.25, 0.3) is 0 Å². The number of nitro groups is 1. The van der Waals surface area contributed by atoms with Crippen LogP contribution in [0.1, 0.15) is 130 Å². The quantitative estimate of drug-likeness (QED) is 0.0124. The molecule has 0 aliphatic carbocycles. The SMILES string of the molecule is CCC(O[Si](CC)(CC)CC)C(C)C1OC1CC(C)(/C=C/C=C(\C)C1OC(=O)C(C(=O)O)C(O[Si](CC)(CC)CC)CCC(C)(OC)C(Oc2ccc([N+](=O)[O-])cc2)/C=C\C1C)O[Si](CC)(CC)CC. The lowest BCUT2D eigenvalue weighted by atomic mass is 9.86. The van der Waals surface area contributed by atoms with E-state index in [0.29, 0.717) is 17.7 Å². The van der Waals surface area contributed by atoms with E-state index in [1.165, 1.54) is 12.1 Å². The topological polar surface area (TPSA) is 165 Å². The molecule has 2 aliphatic heterocycles. The summed E-state index contributed by atoms with van der Waals surface area (Å²) in [6.07, 6.45) is 9.54. The normalized spacial score (nSPS) is 27.4. The molecule has 3 rings (SSSR count). The number of carbonyl (C=O) groups is 2. The van der Waals surface area contributed by atoms with Gasteiger partial charge < -0.3 is 37.3 Å². The lowest BCUT2D eigenvalue weighted by Gasteiger charge is -2.40. The first-order valence-corrected chi connectivity index (χ1v) is 34.3. The Labute approximate surface area is 425 Å². The number of aliphatic carboxylic acids is 1. The Bertz CT molecular complexity index is 1870. The zero-order chi connectivity index (χ0) is 52.7. The molecule has 0 saturated carbocycles. The van der Waals surface area contributed by atoms with E-state index in [-0.39, 0.29) is 42.8 Å². The van der Waals surface area contributed by atoms with Crippen LogP contribution in [0, 0.1) is 27.9 Å². The van der Waals surface area contributed by atoms with Crippen LogP contribution in [0.5, 0.6) is 5.75 Å². The number of carboxylic acid groups (broad SMARTS) is 1. The van der Waals surface area contributed by atoms with Crippen LogP contribution in [0.3, 0.4) is 0 Å². The number of methoxy groups -OCH3 is 1. The number of epoxide rings is 1. The van der Waals surface area contributed by atoms with Gasteiger partial charge in [0.15, 0.2) is 30.9 Å². The number of carboxylic acids is 1. The third kappa shape index (κ3) is 15.8. The number of benzene rings is 1. The van der Waals surface area contributed by atoms with Crippen molar-refractivity contribution in [3.63, 3.8) is 0 Å². The number of hydrogen-bond acceptors (Lipinski definition) is 11. The smallest absolute Gasteiger partial charge is 0.323 e. The molecule has 1 aromatic rings.